The summed E-state index contributed by atoms with van der Waals surface area (Å²) in [6, 6.07) is 13.6. The standard InChI is InChI=1S/C23H24FNO3S/c1-16-7-11-18(12-8-16)29(26,27)25-14-4-13-23(25)15-20(22(28-23)17-9-10-17)19-5-2-3-6-21(19)24/h2-3,5-8,11-12,17H,4,9-10,13-15H2,1H3/t23-/m1/s1. The lowest BCUT2D eigenvalue weighted by Crippen LogP contribution is -2.47. The van der Waals surface area contributed by atoms with Crippen LogP contribution in [0.15, 0.2) is 59.2 Å². The number of allylic oxidation sites excluding steroid dienone is 1. The van der Waals surface area contributed by atoms with Crippen molar-refractivity contribution in [2.45, 2.75) is 49.6 Å². The molecule has 4 nitrogen and oxygen atoms in total. The van der Waals surface area contributed by atoms with E-state index in [2.05, 4.69) is 0 Å². The van der Waals surface area contributed by atoms with Gasteiger partial charge < -0.3 is 4.74 Å². The molecule has 152 valence electrons. The third kappa shape index (κ3) is 3.09. The van der Waals surface area contributed by atoms with Gasteiger partial charge in [-0.05, 0) is 44.4 Å². The van der Waals surface area contributed by atoms with Gasteiger partial charge in [-0.3, -0.25) is 0 Å². The van der Waals surface area contributed by atoms with Crippen LogP contribution in [0.5, 0.6) is 0 Å². The van der Waals surface area contributed by atoms with E-state index in [4.69, 9.17) is 4.74 Å². The summed E-state index contributed by atoms with van der Waals surface area (Å²) in [4.78, 5) is 0.278. The van der Waals surface area contributed by atoms with Crippen LogP contribution in [0.1, 0.15) is 43.2 Å². The molecule has 0 bridgehead atoms. The summed E-state index contributed by atoms with van der Waals surface area (Å²) in [6.07, 6.45) is 3.76. The quantitative estimate of drug-likeness (QED) is 0.719. The molecule has 1 spiro atoms. The molecule has 1 saturated heterocycles. The molecule has 5 rings (SSSR count). The minimum absolute atomic E-state index is 0.272. The van der Waals surface area contributed by atoms with Gasteiger partial charge in [-0.25, -0.2) is 12.8 Å². The molecular weight excluding hydrogens is 389 g/mol. The van der Waals surface area contributed by atoms with Crippen LogP contribution in [-0.2, 0) is 14.8 Å². The van der Waals surface area contributed by atoms with Gasteiger partial charge in [-0.2, -0.15) is 4.31 Å². The molecule has 0 unspecified atom stereocenters. The second-order valence-electron chi connectivity index (χ2n) is 8.32. The number of benzene rings is 2. The average Bonchev–Trinajstić information content (AvgIpc) is 3.36. The molecule has 0 radical (unpaired) electrons. The molecule has 29 heavy (non-hydrogen) atoms. The summed E-state index contributed by atoms with van der Waals surface area (Å²) in [7, 11) is -3.70. The molecular formula is C23H24FNO3S. The van der Waals surface area contributed by atoms with Crippen molar-refractivity contribution >= 4 is 15.6 Å². The first-order valence-corrected chi connectivity index (χ1v) is 11.6. The van der Waals surface area contributed by atoms with Gasteiger partial charge in [0.1, 0.15) is 11.6 Å². The van der Waals surface area contributed by atoms with Crippen molar-refractivity contribution in [3.8, 4) is 0 Å². The van der Waals surface area contributed by atoms with E-state index in [1.165, 1.54) is 10.4 Å². The predicted octanol–water partition coefficient (Wildman–Crippen LogP) is 4.86. The summed E-state index contributed by atoms with van der Waals surface area (Å²) >= 11 is 0. The molecule has 1 atom stereocenters. The first kappa shape index (κ1) is 18.8. The Hall–Kier alpha value is -2.18. The maximum Gasteiger partial charge on any atom is 0.246 e. The molecule has 1 aliphatic carbocycles. The van der Waals surface area contributed by atoms with Crippen molar-refractivity contribution < 1.29 is 17.5 Å². The van der Waals surface area contributed by atoms with E-state index >= 15 is 0 Å². The summed E-state index contributed by atoms with van der Waals surface area (Å²) < 4.78 is 49.5. The van der Waals surface area contributed by atoms with Gasteiger partial charge in [0.25, 0.3) is 0 Å². The highest BCUT2D eigenvalue weighted by atomic mass is 32.2. The van der Waals surface area contributed by atoms with Gasteiger partial charge in [0.05, 0.1) is 4.90 Å². The lowest BCUT2D eigenvalue weighted by Gasteiger charge is -2.34. The fraction of sp³-hybridized carbons (Fsp3) is 0.391. The number of halogens is 1. The van der Waals surface area contributed by atoms with Crippen molar-refractivity contribution in [2.24, 2.45) is 5.92 Å². The topological polar surface area (TPSA) is 46.6 Å². The number of hydrogen-bond acceptors (Lipinski definition) is 3. The van der Waals surface area contributed by atoms with Crippen LogP contribution < -0.4 is 0 Å². The van der Waals surface area contributed by atoms with Crippen LogP contribution in [0.25, 0.3) is 5.57 Å². The largest absolute Gasteiger partial charge is 0.475 e. The van der Waals surface area contributed by atoms with Gasteiger partial charge in [-0.1, -0.05) is 35.9 Å². The normalized spacial score (nSPS) is 25.0. The SMILES string of the molecule is Cc1ccc(S(=O)(=O)N2CCC[C@@]23CC(c2ccccc2F)=C(C2CC2)O3)cc1. The number of nitrogens with zero attached hydrogens (tertiary/aromatic N) is 1. The highest BCUT2D eigenvalue weighted by Gasteiger charge is 2.55. The average molecular weight is 414 g/mol. The summed E-state index contributed by atoms with van der Waals surface area (Å²) in [6.45, 7) is 2.35. The Kier molecular flexibility index (Phi) is 4.33. The molecule has 0 aromatic heterocycles. The Labute approximate surface area is 171 Å². The van der Waals surface area contributed by atoms with Crippen LogP contribution in [0.2, 0.25) is 0 Å². The third-order valence-electron chi connectivity index (χ3n) is 6.19. The van der Waals surface area contributed by atoms with Crippen molar-refractivity contribution in [1.82, 2.24) is 4.31 Å². The predicted molar refractivity (Wildman–Crippen MR) is 109 cm³/mol. The fourth-order valence-corrected chi connectivity index (χ4v) is 6.29. The Morgan fingerprint density at radius 1 is 1.10 bits per heavy atom. The molecule has 2 aliphatic heterocycles. The van der Waals surface area contributed by atoms with Crippen LogP contribution >= 0.6 is 0 Å². The zero-order valence-corrected chi connectivity index (χ0v) is 17.2. The van der Waals surface area contributed by atoms with Gasteiger partial charge in [-0.15, -0.1) is 0 Å². The maximum absolute atomic E-state index is 14.6. The molecule has 2 aromatic rings. The van der Waals surface area contributed by atoms with Crippen LogP contribution in [-0.4, -0.2) is 25.0 Å². The number of hydrogen-bond donors (Lipinski definition) is 0. The molecule has 2 heterocycles. The zero-order valence-electron chi connectivity index (χ0n) is 16.4. The first-order valence-electron chi connectivity index (χ1n) is 10.2. The van der Waals surface area contributed by atoms with Gasteiger partial charge >= 0.3 is 0 Å². The molecule has 2 fully saturated rings. The van der Waals surface area contributed by atoms with E-state index in [9.17, 15) is 12.8 Å². The number of sulfonamides is 1. The Balaban J connectivity index is 1.54. The van der Waals surface area contributed by atoms with Crippen molar-refractivity contribution in [3.63, 3.8) is 0 Å². The summed E-state index contributed by atoms with van der Waals surface area (Å²) in [5.41, 5.74) is 1.43. The second kappa shape index (κ2) is 6.67. The molecule has 0 N–H and O–H groups in total. The van der Waals surface area contributed by atoms with Gasteiger partial charge in [0.2, 0.25) is 10.0 Å². The van der Waals surface area contributed by atoms with E-state index < -0.39 is 15.7 Å². The smallest absolute Gasteiger partial charge is 0.246 e. The van der Waals surface area contributed by atoms with Crippen molar-refractivity contribution in [1.29, 1.82) is 0 Å². The van der Waals surface area contributed by atoms with Crippen molar-refractivity contribution in [2.75, 3.05) is 6.54 Å². The highest BCUT2D eigenvalue weighted by molar-refractivity contribution is 7.89. The van der Waals surface area contributed by atoms with Crippen LogP contribution in [0, 0.1) is 18.7 Å². The second-order valence-corrected chi connectivity index (χ2v) is 10.2. The maximum atomic E-state index is 14.6. The van der Waals surface area contributed by atoms with Crippen LogP contribution in [0.3, 0.4) is 0 Å². The van der Waals surface area contributed by atoms with E-state index in [1.54, 1.807) is 24.3 Å². The first-order chi connectivity index (χ1) is 13.9. The Morgan fingerprint density at radius 3 is 2.52 bits per heavy atom. The molecule has 1 saturated carbocycles. The fourth-order valence-electron chi connectivity index (χ4n) is 4.56. The lowest BCUT2D eigenvalue weighted by molar-refractivity contribution is -0.0462. The molecule has 0 amide bonds. The van der Waals surface area contributed by atoms with Crippen molar-refractivity contribution in [3.05, 3.63) is 71.2 Å². The van der Waals surface area contributed by atoms with E-state index in [-0.39, 0.29) is 16.6 Å². The number of aryl methyl sites for hydroxylation is 1. The molecule has 3 aliphatic rings. The summed E-state index contributed by atoms with van der Waals surface area (Å²) in [5.74, 6) is 0.779. The van der Waals surface area contributed by atoms with E-state index in [0.29, 0.717) is 24.9 Å². The van der Waals surface area contributed by atoms with E-state index in [0.717, 1.165) is 36.2 Å². The third-order valence-corrected chi connectivity index (χ3v) is 8.15. The number of rotatable bonds is 4. The van der Waals surface area contributed by atoms with Crippen LogP contribution in [0.4, 0.5) is 4.39 Å². The minimum Gasteiger partial charge on any atom is -0.475 e. The highest BCUT2D eigenvalue weighted by Crippen LogP contribution is 2.54. The minimum atomic E-state index is -3.70. The lowest BCUT2D eigenvalue weighted by atomic mass is 9.95. The molecule has 6 heteroatoms. The van der Waals surface area contributed by atoms with E-state index in [1.807, 2.05) is 25.1 Å². The number of ether oxygens (including phenoxy) is 1. The monoisotopic (exact) mass is 413 g/mol. The zero-order chi connectivity index (χ0) is 20.2. The summed E-state index contributed by atoms with van der Waals surface area (Å²) in [5, 5.41) is 0. The Bertz CT molecular complexity index is 1090. The van der Waals surface area contributed by atoms with Gasteiger partial charge in [0, 0.05) is 36.4 Å². The van der Waals surface area contributed by atoms with Gasteiger partial charge in [0.15, 0.2) is 5.72 Å². The molecule has 2 aromatic carbocycles. The Morgan fingerprint density at radius 2 is 1.83 bits per heavy atom.